The number of hydrogen-bond acceptors (Lipinski definition) is 3. The minimum Gasteiger partial charge on any atom is -0.490 e. The molecule has 166 valence electrons. The van der Waals surface area contributed by atoms with Crippen LogP contribution in [0.4, 0.5) is 4.79 Å². The number of aryl methyl sites for hydroxylation is 2. The van der Waals surface area contributed by atoms with E-state index in [9.17, 15) is 9.59 Å². The van der Waals surface area contributed by atoms with Crippen LogP contribution in [0.2, 0.25) is 0 Å². The summed E-state index contributed by atoms with van der Waals surface area (Å²) < 4.78 is 6.11. The van der Waals surface area contributed by atoms with Crippen LogP contribution < -0.4 is 10.1 Å². The number of hydrogen-bond donors (Lipinski definition) is 1. The van der Waals surface area contributed by atoms with Crippen LogP contribution in [0.3, 0.4) is 0 Å². The van der Waals surface area contributed by atoms with Gasteiger partial charge in [-0.2, -0.15) is 0 Å². The summed E-state index contributed by atoms with van der Waals surface area (Å²) in [6.07, 6.45) is 2.10. The van der Waals surface area contributed by atoms with E-state index in [0.717, 1.165) is 24.2 Å². The fourth-order valence-corrected chi connectivity index (χ4v) is 3.70. The maximum absolute atomic E-state index is 12.5. The number of nitrogens with zero attached hydrogens (tertiary/aromatic N) is 2. The highest BCUT2D eigenvalue weighted by atomic mass is 16.5. The molecule has 31 heavy (non-hydrogen) atoms. The Bertz CT molecular complexity index is 877. The number of carbonyl (C=O) groups excluding carboxylic acids is 2. The first-order valence-corrected chi connectivity index (χ1v) is 11.0. The van der Waals surface area contributed by atoms with Gasteiger partial charge in [-0.1, -0.05) is 36.4 Å². The summed E-state index contributed by atoms with van der Waals surface area (Å²) in [6, 6.07) is 15.8. The highest BCUT2D eigenvalue weighted by molar-refractivity contribution is 5.78. The molecule has 0 unspecified atom stereocenters. The van der Waals surface area contributed by atoms with Gasteiger partial charge in [0.2, 0.25) is 5.91 Å². The van der Waals surface area contributed by atoms with Crippen molar-refractivity contribution in [1.82, 2.24) is 15.1 Å². The lowest BCUT2D eigenvalue weighted by atomic mass is 10.1. The number of urea groups is 1. The van der Waals surface area contributed by atoms with Gasteiger partial charge in [-0.25, -0.2) is 4.79 Å². The molecule has 0 spiro atoms. The van der Waals surface area contributed by atoms with E-state index in [1.54, 1.807) is 11.9 Å². The van der Waals surface area contributed by atoms with Gasteiger partial charge in [0.05, 0.1) is 0 Å². The molecule has 2 aromatic carbocycles. The number of amides is 3. The summed E-state index contributed by atoms with van der Waals surface area (Å²) in [5.41, 5.74) is 3.55. The zero-order chi connectivity index (χ0) is 22.2. The molecule has 3 amide bonds. The van der Waals surface area contributed by atoms with Crippen molar-refractivity contribution in [2.45, 2.75) is 45.8 Å². The number of ether oxygens (including phenoxy) is 1. The molecule has 1 fully saturated rings. The van der Waals surface area contributed by atoms with Crippen LogP contribution in [-0.4, -0.2) is 54.5 Å². The molecule has 6 heteroatoms. The summed E-state index contributed by atoms with van der Waals surface area (Å²) in [5, 5.41) is 2.84. The van der Waals surface area contributed by atoms with E-state index in [-0.39, 0.29) is 18.0 Å². The zero-order valence-corrected chi connectivity index (χ0v) is 18.8. The Morgan fingerprint density at radius 1 is 1.06 bits per heavy atom. The summed E-state index contributed by atoms with van der Waals surface area (Å²) in [7, 11) is 1.75. The lowest BCUT2D eigenvalue weighted by Crippen LogP contribution is -2.43. The smallest absolute Gasteiger partial charge is 0.317 e. The van der Waals surface area contributed by atoms with Crippen molar-refractivity contribution >= 4 is 11.9 Å². The van der Waals surface area contributed by atoms with Crippen molar-refractivity contribution in [3.63, 3.8) is 0 Å². The van der Waals surface area contributed by atoms with Crippen molar-refractivity contribution in [3.05, 3.63) is 65.2 Å². The molecule has 0 radical (unpaired) electrons. The number of likely N-dealkylation sites (tertiary alicyclic amines) is 1. The summed E-state index contributed by atoms with van der Waals surface area (Å²) in [4.78, 5) is 28.2. The number of nitrogens with one attached hydrogen (secondary N) is 1. The average Bonchev–Trinajstić information content (AvgIpc) is 2.77. The standard InChI is InChI=1S/C25H33N3O3/c1-19-9-10-23(17-20(19)2)31-22-12-15-28(16-13-22)24(29)11-14-26-25(30)27(3)18-21-7-5-4-6-8-21/h4-10,17,22H,11-16,18H2,1-3H3,(H,26,30). The first kappa shape index (κ1) is 22.7. The Hall–Kier alpha value is -3.02. The molecule has 0 atom stereocenters. The molecular weight excluding hydrogens is 390 g/mol. The highest BCUT2D eigenvalue weighted by Gasteiger charge is 2.24. The van der Waals surface area contributed by atoms with Gasteiger partial charge in [0, 0.05) is 52.5 Å². The molecule has 0 bridgehead atoms. The Kier molecular flexibility index (Phi) is 7.93. The van der Waals surface area contributed by atoms with Crippen molar-refractivity contribution in [1.29, 1.82) is 0 Å². The van der Waals surface area contributed by atoms with Gasteiger partial charge in [0.1, 0.15) is 11.9 Å². The topological polar surface area (TPSA) is 61.9 Å². The van der Waals surface area contributed by atoms with Gasteiger partial charge in [-0.15, -0.1) is 0 Å². The maximum Gasteiger partial charge on any atom is 0.317 e. The highest BCUT2D eigenvalue weighted by Crippen LogP contribution is 2.22. The van der Waals surface area contributed by atoms with E-state index in [1.807, 2.05) is 41.3 Å². The van der Waals surface area contributed by atoms with Gasteiger partial charge in [0.25, 0.3) is 0 Å². The zero-order valence-electron chi connectivity index (χ0n) is 18.8. The molecule has 6 nitrogen and oxygen atoms in total. The van der Waals surface area contributed by atoms with Crippen LogP contribution in [0.25, 0.3) is 0 Å². The third-order valence-electron chi connectivity index (χ3n) is 5.80. The minimum atomic E-state index is -0.169. The van der Waals surface area contributed by atoms with Gasteiger partial charge in [-0.3, -0.25) is 4.79 Å². The van der Waals surface area contributed by atoms with Crippen molar-refractivity contribution in [3.8, 4) is 5.75 Å². The molecule has 1 heterocycles. The van der Waals surface area contributed by atoms with Gasteiger partial charge < -0.3 is 19.9 Å². The number of rotatable bonds is 7. The van der Waals surface area contributed by atoms with E-state index in [2.05, 4.69) is 31.3 Å². The number of piperidine rings is 1. The second-order valence-electron chi connectivity index (χ2n) is 8.27. The molecular formula is C25H33N3O3. The molecule has 2 aromatic rings. The van der Waals surface area contributed by atoms with Crippen LogP contribution in [0.5, 0.6) is 5.75 Å². The third-order valence-corrected chi connectivity index (χ3v) is 5.80. The fourth-order valence-electron chi connectivity index (χ4n) is 3.70. The summed E-state index contributed by atoms with van der Waals surface area (Å²) in [5.74, 6) is 0.978. The number of benzene rings is 2. The first-order chi connectivity index (χ1) is 14.9. The fraction of sp³-hybridized carbons (Fsp3) is 0.440. The minimum absolute atomic E-state index is 0.0793. The Labute approximate surface area is 185 Å². The monoisotopic (exact) mass is 423 g/mol. The Morgan fingerprint density at radius 3 is 2.45 bits per heavy atom. The predicted molar refractivity (Wildman–Crippen MR) is 122 cm³/mol. The van der Waals surface area contributed by atoms with Crippen molar-refractivity contribution < 1.29 is 14.3 Å². The first-order valence-electron chi connectivity index (χ1n) is 11.0. The van der Waals surface area contributed by atoms with Crippen LogP contribution in [0.1, 0.15) is 36.0 Å². The van der Waals surface area contributed by atoms with Crippen molar-refractivity contribution in [2.24, 2.45) is 0 Å². The van der Waals surface area contributed by atoms with Gasteiger partial charge in [-0.05, 0) is 42.7 Å². The molecule has 1 saturated heterocycles. The quantitative estimate of drug-likeness (QED) is 0.735. The van der Waals surface area contributed by atoms with Crippen LogP contribution in [0.15, 0.2) is 48.5 Å². The van der Waals surface area contributed by atoms with Crippen LogP contribution in [-0.2, 0) is 11.3 Å². The molecule has 0 saturated carbocycles. The second kappa shape index (κ2) is 10.8. The van der Waals surface area contributed by atoms with E-state index in [4.69, 9.17) is 4.74 Å². The summed E-state index contributed by atoms with van der Waals surface area (Å²) >= 11 is 0. The predicted octanol–water partition coefficient (Wildman–Crippen LogP) is 3.90. The average molecular weight is 424 g/mol. The van der Waals surface area contributed by atoms with Crippen LogP contribution in [0, 0.1) is 13.8 Å². The molecule has 1 aliphatic heterocycles. The normalized spacial score (nSPS) is 14.2. The third kappa shape index (κ3) is 6.74. The lowest BCUT2D eigenvalue weighted by Gasteiger charge is -2.32. The molecule has 1 N–H and O–H groups in total. The largest absolute Gasteiger partial charge is 0.490 e. The SMILES string of the molecule is Cc1ccc(OC2CCN(C(=O)CCNC(=O)N(C)Cc3ccccc3)CC2)cc1C. The second-order valence-corrected chi connectivity index (χ2v) is 8.27. The van der Waals surface area contributed by atoms with E-state index < -0.39 is 0 Å². The Balaban J connectivity index is 1.35. The molecule has 1 aliphatic rings. The summed E-state index contributed by atoms with van der Waals surface area (Å²) in [6.45, 7) is 6.44. The van der Waals surface area contributed by atoms with Crippen LogP contribution >= 0.6 is 0 Å². The van der Waals surface area contributed by atoms with Gasteiger partial charge >= 0.3 is 6.03 Å². The van der Waals surface area contributed by atoms with Crippen molar-refractivity contribution in [2.75, 3.05) is 26.7 Å². The molecule has 0 aromatic heterocycles. The van der Waals surface area contributed by atoms with Gasteiger partial charge in [0.15, 0.2) is 0 Å². The van der Waals surface area contributed by atoms with E-state index in [0.29, 0.717) is 32.6 Å². The maximum atomic E-state index is 12.5. The molecule has 3 rings (SSSR count). The Morgan fingerprint density at radius 2 is 1.77 bits per heavy atom. The van der Waals surface area contributed by atoms with E-state index in [1.165, 1.54) is 11.1 Å². The molecule has 0 aliphatic carbocycles. The van der Waals surface area contributed by atoms with E-state index >= 15 is 0 Å². The lowest BCUT2D eigenvalue weighted by molar-refractivity contribution is -0.132. The number of carbonyl (C=O) groups is 2.